The number of aromatic nitrogens is 1. The minimum atomic E-state index is -0.146. The van der Waals surface area contributed by atoms with Gasteiger partial charge in [0.15, 0.2) is 0 Å². The van der Waals surface area contributed by atoms with Gasteiger partial charge in [0.25, 0.3) is 0 Å². The van der Waals surface area contributed by atoms with Crippen molar-refractivity contribution in [2.75, 3.05) is 5.32 Å². The summed E-state index contributed by atoms with van der Waals surface area (Å²) >= 11 is 1.30. The Labute approximate surface area is 146 Å². The molecule has 2 aromatic rings. The second-order valence-corrected chi connectivity index (χ2v) is 8.45. The Hall–Kier alpha value is -1.88. The van der Waals surface area contributed by atoms with Gasteiger partial charge in [-0.05, 0) is 48.8 Å². The number of nitrogens with one attached hydrogen (secondary N) is 1. The molecule has 0 unspecified atom stereocenters. The number of thiazole rings is 1. The quantitative estimate of drug-likeness (QED) is 0.922. The number of carbonyl (C=O) groups excluding carboxylic acids is 1. The van der Waals surface area contributed by atoms with E-state index in [4.69, 9.17) is 0 Å². The average Bonchev–Trinajstić information content (AvgIpc) is 2.83. The summed E-state index contributed by atoms with van der Waals surface area (Å²) in [6.45, 7) is 6.58. The van der Waals surface area contributed by atoms with E-state index >= 15 is 0 Å². The molecule has 0 atom stereocenters. The van der Waals surface area contributed by atoms with Crippen molar-refractivity contribution in [1.82, 2.24) is 4.57 Å². The van der Waals surface area contributed by atoms with Crippen LogP contribution in [-0.2, 0) is 29.6 Å². The fourth-order valence-corrected chi connectivity index (χ4v) is 4.16. The lowest BCUT2D eigenvalue weighted by molar-refractivity contribution is -0.116. The Kier molecular flexibility index (Phi) is 4.63. The molecule has 1 N–H and O–H groups in total. The van der Waals surface area contributed by atoms with E-state index in [0.29, 0.717) is 0 Å². The first-order chi connectivity index (χ1) is 11.3. The lowest BCUT2D eigenvalue weighted by Crippen LogP contribution is -2.26. The maximum atomic E-state index is 12.3. The first-order valence-electron chi connectivity index (χ1n) is 8.46. The number of benzene rings is 1. The molecule has 3 rings (SSSR count). The average molecular weight is 344 g/mol. The normalized spacial score (nSPS) is 14.3. The SMILES string of the molecule is CC(C)(C)c1ccc(NC(=O)Cn2c3c(sc2=O)CCCC3)cc1. The molecule has 1 aromatic carbocycles. The van der Waals surface area contributed by atoms with Gasteiger partial charge in [-0.2, -0.15) is 0 Å². The molecule has 24 heavy (non-hydrogen) atoms. The van der Waals surface area contributed by atoms with Crippen LogP contribution in [0, 0.1) is 0 Å². The summed E-state index contributed by atoms with van der Waals surface area (Å²) in [6.07, 6.45) is 4.11. The molecule has 0 fully saturated rings. The Morgan fingerprint density at radius 1 is 1.17 bits per heavy atom. The molecule has 1 amide bonds. The van der Waals surface area contributed by atoms with E-state index in [1.807, 2.05) is 24.3 Å². The molecule has 0 spiro atoms. The zero-order valence-electron chi connectivity index (χ0n) is 14.5. The van der Waals surface area contributed by atoms with Crippen LogP contribution < -0.4 is 10.2 Å². The Morgan fingerprint density at radius 3 is 2.50 bits per heavy atom. The maximum Gasteiger partial charge on any atom is 0.308 e. The van der Waals surface area contributed by atoms with Crippen molar-refractivity contribution in [3.05, 3.63) is 50.1 Å². The van der Waals surface area contributed by atoms with Gasteiger partial charge < -0.3 is 5.32 Å². The van der Waals surface area contributed by atoms with Gasteiger partial charge >= 0.3 is 4.87 Å². The lowest BCUT2D eigenvalue weighted by Gasteiger charge is -2.19. The second-order valence-electron chi connectivity index (χ2n) is 7.41. The van der Waals surface area contributed by atoms with Crippen LogP contribution in [0.3, 0.4) is 0 Å². The highest BCUT2D eigenvalue weighted by Gasteiger charge is 2.19. The van der Waals surface area contributed by atoms with Crippen molar-refractivity contribution in [2.24, 2.45) is 0 Å². The summed E-state index contributed by atoms with van der Waals surface area (Å²) in [5, 5.41) is 2.90. The van der Waals surface area contributed by atoms with Gasteiger partial charge in [0.05, 0.1) is 0 Å². The van der Waals surface area contributed by atoms with Crippen molar-refractivity contribution in [1.29, 1.82) is 0 Å². The molecule has 1 aromatic heterocycles. The van der Waals surface area contributed by atoms with E-state index in [1.165, 1.54) is 16.9 Å². The molecule has 0 aliphatic heterocycles. The van der Waals surface area contributed by atoms with Crippen LogP contribution in [0.25, 0.3) is 0 Å². The van der Waals surface area contributed by atoms with Crippen LogP contribution in [0.5, 0.6) is 0 Å². The number of aryl methyl sites for hydroxylation is 1. The van der Waals surface area contributed by atoms with Crippen molar-refractivity contribution in [3.8, 4) is 0 Å². The lowest BCUT2D eigenvalue weighted by atomic mass is 9.87. The molecular weight excluding hydrogens is 320 g/mol. The van der Waals surface area contributed by atoms with Crippen molar-refractivity contribution >= 4 is 22.9 Å². The van der Waals surface area contributed by atoms with Crippen molar-refractivity contribution < 1.29 is 4.79 Å². The number of carbonyl (C=O) groups is 1. The maximum absolute atomic E-state index is 12.3. The number of hydrogen-bond donors (Lipinski definition) is 1. The highest BCUT2D eigenvalue weighted by atomic mass is 32.1. The molecule has 128 valence electrons. The Bertz CT molecular complexity index is 794. The summed E-state index contributed by atoms with van der Waals surface area (Å²) in [5.41, 5.74) is 3.15. The number of nitrogens with zero attached hydrogens (tertiary/aromatic N) is 1. The van der Waals surface area contributed by atoms with Crippen LogP contribution in [0.15, 0.2) is 29.1 Å². The molecule has 4 nitrogen and oxygen atoms in total. The first-order valence-corrected chi connectivity index (χ1v) is 9.28. The van der Waals surface area contributed by atoms with Crippen LogP contribution in [-0.4, -0.2) is 10.5 Å². The monoisotopic (exact) mass is 344 g/mol. The fourth-order valence-electron chi connectivity index (χ4n) is 3.09. The third-order valence-electron chi connectivity index (χ3n) is 4.48. The van der Waals surface area contributed by atoms with E-state index in [-0.39, 0.29) is 22.7 Å². The zero-order valence-corrected chi connectivity index (χ0v) is 15.3. The van der Waals surface area contributed by atoms with Gasteiger partial charge in [-0.1, -0.05) is 44.2 Å². The van der Waals surface area contributed by atoms with Crippen molar-refractivity contribution in [3.63, 3.8) is 0 Å². The van der Waals surface area contributed by atoms with E-state index in [1.54, 1.807) is 4.57 Å². The fraction of sp³-hybridized carbons (Fsp3) is 0.474. The smallest absolute Gasteiger partial charge is 0.308 e. The highest BCUT2D eigenvalue weighted by Crippen LogP contribution is 2.24. The number of rotatable bonds is 3. The molecule has 1 aliphatic rings. The number of fused-ring (bicyclic) bond motifs is 1. The Balaban J connectivity index is 1.70. The van der Waals surface area contributed by atoms with Gasteiger partial charge in [0.1, 0.15) is 6.54 Å². The number of amides is 1. The third-order valence-corrected chi connectivity index (χ3v) is 5.56. The molecule has 1 heterocycles. The van der Waals surface area contributed by atoms with E-state index < -0.39 is 0 Å². The summed E-state index contributed by atoms with van der Waals surface area (Å²) in [5.74, 6) is -0.146. The molecular formula is C19H24N2O2S. The van der Waals surface area contributed by atoms with E-state index in [0.717, 1.165) is 41.9 Å². The topological polar surface area (TPSA) is 51.1 Å². The van der Waals surface area contributed by atoms with Gasteiger partial charge in [0, 0.05) is 16.3 Å². The molecule has 0 bridgehead atoms. The predicted octanol–water partition coefficient (Wildman–Crippen LogP) is 3.72. The van der Waals surface area contributed by atoms with E-state index in [9.17, 15) is 9.59 Å². The van der Waals surface area contributed by atoms with Gasteiger partial charge in [0.2, 0.25) is 5.91 Å². The molecule has 0 saturated heterocycles. The zero-order chi connectivity index (χ0) is 17.3. The van der Waals surface area contributed by atoms with E-state index in [2.05, 4.69) is 26.1 Å². The Morgan fingerprint density at radius 2 is 1.83 bits per heavy atom. The molecule has 0 radical (unpaired) electrons. The summed E-state index contributed by atoms with van der Waals surface area (Å²) in [7, 11) is 0. The standard InChI is InChI=1S/C19H24N2O2S/c1-19(2,3)13-8-10-14(11-9-13)20-17(22)12-21-15-6-4-5-7-16(15)24-18(21)23/h8-11H,4-7,12H2,1-3H3,(H,20,22). The van der Waals surface area contributed by atoms with Gasteiger partial charge in [-0.25, -0.2) is 0 Å². The first kappa shape index (κ1) is 17.0. The minimum Gasteiger partial charge on any atom is -0.325 e. The number of hydrogen-bond acceptors (Lipinski definition) is 3. The molecule has 1 aliphatic carbocycles. The predicted molar refractivity (Wildman–Crippen MR) is 99.0 cm³/mol. The van der Waals surface area contributed by atoms with Gasteiger partial charge in [-0.15, -0.1) is 0 Å². The van der Waals surface area contributed by atoms with Crippen LogP contribution in [0.1, 0.15) is 49.7 Å². The van der Waals surface area contributed by atoms with Gasteiger partial charge in [-0.3, -0.25) is 14.2 Å². The van der Waals surface area contributed by atoms with Crippen LogP contribution in [0.4, 0.5) is 5.69 Å². The summed E-state index contributed by atoms with van der Waals surface area (Å²) in [6, 6.07) is 7.91. The molecule has 0 saturated carbocycles. The van der Waals surface area contributed by atoms with Crippen molar-refractivity contribution in [2.45, 2.75) is 58.4 Å². The third kappa shape index (κ3) is 3.61. The largest absolute Gasteiger partial charge is 0.325 e. The highest BCUT2D eigenvalue weighted by molar-refractivity contribution is 7.09. The second kappa shape index (κ2) is 6.55. The van der Waals surface area contributed by atoms with Crippen LogP contribution in [0.2, 0.25) is 0 Å². The van der Waals surface area contributed by atoms with Crippen LogP contribution >= 0.6 is 11.3 Å². The summed E-state index contributed by atoms with van der Waals surface area (Å²) in [4.78, 5) is 25.6. The minimum absolute atomic E-state index is 0.0138. The summed E-state index contributed by atoms with van der Waals surface area (Å²) < 4.78 is 1.65. The number of anilines is 1. The molecule has 5 heteroatoms.